The molecule has 1 aromatic carbocycles. The molecule has 2 amide bonds. The molecule has 2 rings (SSSR count). The van der Waals surface area contributed by atoms with Gasteiger partial charge in [0.05, 0.1) is 19.0 Å². The molecule has 0 spiro atoms. The molecule has 1 heterocycles. The van der Waals surface area contributed by atoms with Gasteiger partial charge in [-0.25, -0.2) is 9.78 Å². The van der Waals surface area contributed by atoms with Gasteiger partial charge in [-0.3, -0.25) is 9.59 Å². The number of nitrogens with two attached hydrogens (primary N) is 1. The van der Waals surface area contributed by atoms with Crippen LogP contribution in [0.5, 0.6) is 5.75 Å². The molecule has 0 aliphatic heterocycles. The van der Waals surface area contributed by atoms with E-state index >= 15 is 0 Å². The number of carboxylic acid groups (broad SMARTS) is 1. The second kappa shape index (κ2) is 10.2. The number of rotatable bonds is 10. The molecule has 11 heteroatoms. The van der Waals surface area contributed by atoms with E-state index in [-0.39, 0.29) is 18.6 Å². The fourth-order valence-corrected chi connectivity index (χ4v) is 2.54. The van der Waals surface area contributed by atoms with Crippen molar-refractivity contribution < 1.29 is 29.7 Å². The van der Waals surface area contributed by atoms with Gasteiger partial charge < -0.3 is 36.7 Å². The fourth-order valence-electron chi connectivity index (χ4n) is 2.54. The SMILES string of the molecule is NC(Cc1cnc[nH]1)C(=O)NC(CO)C(=O)NC(Cc1ccc(O)cc1)C(=O)O. The number of aromatic amines is 1. The van der Waals surface area contributed by atoms with Crippen molar-refractivity contribution in [1.29, 1.82) is 0 Å². The van der Waals surface area contributed by atoms with E-state index in [1.807, 2.05) is 0 Å². The first-order valence-corrected chi connectivity index (χ1v) is 8.75. The van der Waals surface area contributed by atoms with E-state index in [0.29, 0.717) is 11.3 Å². The number of aromatic nitrogens is 2. The molecule has 156 valence electrons. The number of aliphatic hydroxyl groups excluding tert-OH is 1. The van der Waals surface area contributed by atoms with Gasteiger partial charge in [-0.15, -0.1) is 0 Å². The van der Waals surface area contributed by atoms with E-state index < -0.39 is 42.5 Å². The minimum absolute atomic E-state index is 0.0270. The summed E-state index contributed by atoms with van der Waals surface area (Å²) in [5.74, 6) is -2.80. The monoisotopic (exact) mass is 405 g/mol. The number of hydrogen-bond donors (Lipinski definition) is 7. The second-order valence-corrected chi connectivity index (χ2v) is 6.40. The molecule has 3 unspecified atom stereocenters. The van der Waals surface area contributed by atoms with E-state index in [9.17, 15) is 29.7 Å². The van der Waals surface area contributed by atoms with Crippen molar-refractivity contribution in [3.63, 3.8) is 0 Å². The number of phenols is 1. The Labute approximate surface area is 166 Å². The van der Waals surface area contributed by atoms with Gasteiger partial charge in [0.15, 0.2) is 0 Å². The molecule has 11 nitrogen and oxygen atoms in total. The number of H-pyrrole nitrogens is 1. The number of hydrogen-bond acceptors (Lipinski definition) is 7. The lowest BCUT2D eigenvalue weighted by Crippen LogP contribution is -2.56. The van der Waals surface area contributed by atoms with Gasteiger partial charge in [-0.2, -0.15) is 0 Å². The summed E-state index contributed by atoms with van der Waals surface area (Å²) in [6.45, 7) is -0.736. The highest BCUT2D eigenvalue weighted by Gasteiger charge is 2.28. The smallest absolute Gasteiger partial charge is 0.326 e. The summed E-state index contributed by atoms with van der Waals surface area (Å²) < 4.78 is 0. The van der Waals surface area contributed by atoms with E-state index in [2.05, 4.69) is 20.6 Å². The van der Waals surface area contributed by atoms with Gasteiger partial charge in [0.1, 0.15) is 17.8 Å². The third-order valence-electron chi connectivity index (χ3n) is 4.14. The summed E-state index contributed by atoms with van der Waals surface area (Å²) in [5.41, 5.74) is 6.98. The highest BCUT2D eigenvalue weighted by Crippen LogP contribution is 2.11. The lowest BCUT2D eigenvalue weighted by atomic mass is 10.1. The second-order valence-electron chi connectivity index (χ2n) is 6.40. The third kappa shape index (κ3) is 6.59. The first kappa shape index (κ1) is 21.9. The van der Waals surface area contributed by atoms with E-state index in [1.54, 1.807) is 0 Å². The van der Waals surface area contributed by atoms with Crippen molar-refractivity contribution >= 4 is 17.8 Å². The minimum atomic E-state index is -1.36. The van der Waals surface area contributed by atoms with E-state index in [0.717, 1.165) is 0 Å². The first-order valence-electron chi connectivity index (χ1n) is 8.75. The third-order valence-corrected chi connectivity index (χ3v) is 4.14. The van der Waals surface area contributed by atoms with Crippen LogP contribution in [0.25, 0.3) is 0 Å². The molecule has 2 aromatic rings. The summed E-state index contributed by atoms with van der Waals surface area (Å²) >= 11 is 0. The number of aromatic hydroxyl groups is 1. The molecule has 0 radical (unpaired) electrons. The predicted molar refractivity (Wildman–Crippen MR) is 101 cm³/mol. The number of carboxylic acids is 1. The van der Waals surface area contributed by atoms with Gasteiger partial charge in [0, 0.05) is 24.7 Å². The maximum atomic E-state index is 12.4. The van der Waals surface area contributed by atoms with Crippen LogP contribution >= 0.6 is 0 Å². The molecular weight excluding hydrogens is 382 g/mol. The molecule has 0 aliphatic carbocycles. The predicted octanol–water partition coefficient (Wildman–Crippen LogP) is -1.73. The molecular formula is C18H23N5O6. The Kier molecular flexibility index (Phi) is 7.69. The summed E-state index contributed by atoms with van der Waals surface area (Å²) in [6.07, 6.45) is 3.03. The molecule has 0 aliphatic rings. The average Bonchev–Trinajstić information content (AvgIpc) is 3.19. The molecule has 1 aromatic heterocycles. The molecule has 0 bridgehead atoms. The number of phenolic OH excluding ortho intramolecular Hbond substituents is 1. The van der Waals surface area contributed by atoms with Crippen LogP contribution < -0.4 is 16.4 Å². The number of amides is 2. The van der Waals surface area contributed by atoms with Crippen LogP contribution in [0.1, 0.15) is 11.3 Å². The highest BCUT2D eigenvalue weighted by atomic mass is 16.4. The number of nitrogens with zero attached hydrogens (tertiary/aromatic N) is 1. The summed E-state index contributed by atoms with van der Waals surface area (Å²) in [5, 5.41) is 32.7. The molecule has 29 heavy (non-hydrogen) atoms. The Morgan fingerprint density at radius 2 is 1.72 bits per heavy atom. The number of benzene rings is 1. The van der Waals surface area contributed by atoms with Crippen molar-refractivity contribution in [2.75, 3.05) is 6.61 Å². The van der Waals surface area contributed by atoms with E-state index in [4.69, 9.17) is 5.73 Å². The Morgan fingerprint density at radius 1 is 1.07 bits per heavy atom. The quantitative estimate of drug-likeness (QED) is 0.242. The first-order chi connectivity index (χ1) is 13.8. The number of aliphatic carboxylic acids is 1. The minimum Gasteiger partial charge on any atom is -0.508 e. The summed E-state index contributed by atoms with van der Waals surface area (Å²) in [6, 6.07) is 2.19. The van der Waals surface area contributed by atoms with Crippen molar-refractivity contribution in [2.45, 2.75) is 31.0 Å². The topological polar surface area (TPSA) is 191 Å². The summed E-state index contributed by atoms with van der Waals surface area (Å²) in [7, 11) is 0. The zero-order chi connectivity index (χ0) is 21.4. The van der Waals surface area contributed by atoms with Crippen LogP contribution in [0.3, 0.4) is 0 Å². The molecule has 0 fully saturated rings. The highest BCUT2D eigenvalue weighted by molar-refractivity contribution is 5.92. The van der Waals surface area contributed by atoms with Crippen LogP contribution in [0.2, 0.25) is 0 Å². The fraction of sp³-hybridized carbons (Fsp3) is 0.333. The van der Waals surface area contributed by atoms with Gasteiger partial charge in [-0.05, 0) is 17.7 Å². The number of aliphatic hydroxyl groups is 1. The van der Waals surface area contributed by atoms with Gasteiger partial charge in [0.2, 0.25) is 11.8 Å². The molecule has 0 saturated carbocycles. The Hall–Kier alpha value is -3.44. The van der Waals surface area contributed by atoms with Crippen LogP contribution in [-0.2, 0) is 27.2 Å². The lowest BCUT2D eigenvalue weighted by Gasteiger charge is -2.21. The van der Waals surface area contributed by atoms with E-state index in [1.165, 1.54) is 36.8 Å². The Balaban J connectivity index is 1.95. The van der Waals surface area contributed by atoms with Crippen LogP contribution in [0.4, 0.5) is 0 Å². The summed E-state index contributed by atoms with van der Waals surface area (Å²) in [4.78, 5) is 42.6. The average molecular weight is 405 g/mol. The number of nitrogens with one attached hydrogen (secondary N) is 3. The van der Waals surface area contributed by atoms with Gasteiger partial charge in [0.25, 0.3) is 0 Å². The lowest BCUT2D eigenvalue weighted by molar-refractivity contribution is -0.142. The van der Waals surface area contributed by atoms with Crippen molar-refractivity contribution in [2.24, 2.45) is 5.73 Å². The number of carbonyl (C=O) groups is 3. The maximum absolute atomic E-state index is 12.4. The molecule has 0 saturated heterocycles. The Morgan fingerprint density at radius 3 is 2.28 bits per heavy atom. The van der Waals surface area contributed by atoms with Crippen LogP contribution in [0, 0.1) is 0 Å². The van der Waals surface area contributed by atoms with Crippen LogP contribution in [0.15, 0.2) is 36.8 Å². The van der Waals surface area contributed by atoms with Crippen molar-refractivity contribution in [3.8, 4) is 5.75 Å². The van der Waals surface area contributed by atoms with Crippen molar-refractivity contribution in [3.05, 3.63) is 48.0 Å². The standard InChI is InChI=1S/C18H23N5O6/c19-13(6-11-7-20-9-21-11)16(26)23-15(8-24)17(27)22-14(18(28)29)5-10-1-3-12(25)4-2-10/h1-4,7,9,13-15,24-25H,5-6,8,19H2,(H,20,21)(H,22,27)(H,23,26)(H,28,29). The molecule has 8 N–H and O–H groups in total. The van der Waals surface area contributed by atoms with Gasteiger partial charge >= 0.3 is 5.97 Å². The zero-order valence-corrected chi connectivity index (χ0v) is 15.4. The van der Waals surface area contributed by atoms with Crippen molar-refractivity contribution in [1.82, 2.24) is 20.6 Å². The van der Waals surface area contributed by atoms with Crippen LogP contribution in [-0.4, -0.2) is 67.8 Å². The zero-order valence-electron chi connectivity index (χ0n) is 15.4. The largest absolute Gasteiger partial charge is 0.508 e. The number of carbonyl (C=O) groups excluding carboxylic acids is 2. The normalized spacial score (nSPS) is 13.9. The Bertz CT molecular complexity index is 824. The maximum Gasteiger partial charge on any atom is 0.326 e. The molecule has 3 atom stereocenters. The number of imidazole rings is 1. The van der Waals surface area contributed by atoms with Gasteiger partial charge in [-0.1, -0.05) is 12.1 Å².